The van der Waals surface area contributed by atoms with Crippen molar-refractivity contribution in [3.05, 3.63) is 17.0 Å². The van der Waals surface area contributed by atoms with E-state index in [-0.39, 0.29) is 17.2 Å². The Balaban J connectivity index is 1.70. The molecule has 2 fully saturated rings. The number of piperidine rings is 2. The van der Waals surface area contributed by atoms with Crippen molar-refractivity contribution in [1.82, 2.24) is 19.6 Å². The highest BCUT2D eigenvalue weighted by atomic mass is 16.2. The molecule has 6 nitrogen and oxygen atoms in total. The van der Waals surface area contributed by atoms with Gasteiger partial charge in [0.25, 0.3) is 0 Å². The molecule has 26 heavy (non-hydrogen) atoms. The summed E-state index contributed by atoms with van der Waals surface area (Å²) in [5.74, 6) is 0.411. The normalized spacial score (nSPS) is 23.8. The van der Waals surface area contributed by atoms with E-state index in [4.69, 9.17) is 0 Å². The lowest BCUT2D eigenvalue weighted by atomic mass is 9.73. The van der Waals surface area contributed by atoms with Crippen LogP contribution in [0.2, 0.25) is 0 Å². The van der Waals surface area contributed by atoms with E-state index in [9.17, 15) is 9.59 Å². The molecule has 1 aromatic rings. The summed E-state index contributed by atoms with van der Waals surface area (Å²) in [6.07, 6.45) is 4.61. The van der Waals surface area contributed by atoms with Gasteiger partial charge in [-0.05, 0) is 52.0 Å². The molecule has 2 aliphatic heterocycles. The average molecular weight is 361 g/mol. The molecular weight excluding hydrogens is 328 g/mol. The molecule has 3 heterocycles. The SMILES string of the molecule is CCc1c(C)nn(CC(=O)N2CCCC3(CCC(=O)N(CC)C3)C2)c1C. The molecule has 2 saturated heterocycles. The maximum atomic E-state index is 13.0. The predicted molar refractivity (Wildman–Crippen MR) is 101 cm³/mol. The maximum absolute atomic E-state index is 13.0. The summed E-state index contributed by atoms with van der Waals surface area (Å²) in [5.41, 5.74) is 3.46. The molecular formula is C20H32N4O2. The van der Waals surface area contributed by atoms with Crippen LogP contribution >= 0.6 is 0 Å². The minimum absolute atomic E-state index is 0.0848. The van der Waals surface area contributed by atoms with Crippen molar-refractivity contribution in [2.75, 3.05) is 26.2 Å². The summed E-state index contributed by atoms with van der Waals surface area (Å²) in [4.78, 5) is 29.0. The molecule has 0 aliphatic carbocycles. The number of hydrogen-bond acceptors (Lipinski definition) is 3. The van der Waals surface area contributed by atoms with Gasteiger partial charge < -0.3 is 9.80 Å². The van der Waals surface area contributed by atoms with Crippen molar-refractivity contribution < 1.29 is 9.59 Å². The number of carbonyl (C=O) groups excluding carboxylic acids is 2. The van der Waals surface area contributed by atoms with Crippen LogP contribution in [0.5, 0.6) is 0 Å². The Morgan fingerprint density at radius 2 is 1.96 bits per heavy atom. The summed E-state index contributed by atoms with van der Waals surface area (Å²) in [5, 5.41) is 4.57. The molecule has 2 amide bonds. The predicted octanol–water partition coefficient (Wildman–Crippen LogP) is 2.31. The van der Waals surface area contributed by atoms with E-state index in [1.807, 2.05) is 28.3 Å². The molecule has 0 saturated carbocycles. The van der Waals surface area contributed by atoms with Crippen LogP contribution in [-0.2, 0) is 22.6 Å². The van der Waals surface area contributed by atoms with E-state index >= 15 is 0 Å². The number of amides is 2. The topological polar surface area (TPSA) is 58.4 Å². The Morgan fingerprint density at radius 3 is 2.62 bits per heavy atom. The van der Waals surface area contributed by atoms with E-state index < -0.39 is 0 Å². The lowest BCUT2D eigenvalue weighted by Crippen LogP contribution is -2.55. The van der Waals surface area contributed by atoms with Crippen molar-refractivity contribution in [3.8, 4) is 0 Å². The van der Waals surface area contributed by atoms with Crippen molar-refractivity contribution in [3.63, 3.8) is 0 Å². The zero-order valence-electron chi connectivity index (χ0n) is 16.7. The number of carbonyl (C=O) groups is 2. The van der Waals surface area contributed by atoms with Crippen molar-refractivity contribution in [2.24, 2.45) is 5.41 Å². The first kappa shape index (κ1) is 18.9. The molecule has 6 heteroatoms. The monoisotopic (exact) mass is 360 g/mol. The Bertz CT molecular complexity index is 696. The molecule has 144 valence electrons. The summed E-state index contributed by atoms with van der Waals surface area (Å²) < 4.78 is 1.86. The Hall–Kier alpha value is -1.85. The first-order valence-corrected chi connectivity index (χ1v) is 9.97. The van der Waals surface area contributed by atoms with Gasteiger partial charge in [-0.15, -0.1) is 0 Å². The minimum Gasteiger partial charge on any atom is -0.342 e. The smallest absolute Gasteiger partial charge is 0.244 e. The summed E-state index contributed by atoms with van der Waals surface area (Å²) >= 11 is 0. The number of hydrogen-bond donors (Lipinski definition) is 0. The number of nitrogens with zero attached hydrogens (tertiary/aromatic N) is 4. The van der Waals surface area contributed by atoms with E-state index in [1.54, 1.807) is 0 Å². The largest absolute Gasteiger partial charge is 0.342 e. The summed E-state index contributed by atoms with van der Waals surface area (Å²) in [6.45, 7) is 11.7. The quantitative estimate of drug-likeness (QED) is 0.828. The second-order valence-electron chi connectivity index (χ2n) is 7.99. The van der Waals surface area contributed by atoms with Crippen LogP contribution < -0.4 is 0 Å². The van der Waals surface area contributed by atoms with Gasteiger partial charge in [0.2, 0.25) is 11.8 Å². The standard InChI is InChI=1S/C20H32N4O2/c1-5-17-15(3)21-24(16(17)4)12-19(26)23-11-7-9-20(14-23)10-8-18(25)22(6-2)13-20/h5-14H2,1-4H3. The van der Waals surface area contributed by atoms with Gasteiger partial charge >= 0.3 is 0 Å². The van der Waals surface area contributed by atoms with Gasteiger partial charge in [-0.25, -0.2) is 0 Å². The van der Waals surface area contributed by atoms with Gasteiger partial charge in [0.15, 0.2) is 0 Å². The fourth-order valence-corrected chi connectivity index (χ4v) is 4.77. The minimum atomic E-state index is 0.0848. The number of aryl methyl sites for hydroxylation is 1. The summed E-state index contributed by atoms with van der Waals surface area (Å²) in [6, 6.07) is 0. The fourth-order valence-electron chi connectivity index (χ4n) is 4.77. The molecule has 3 rings (SSSR count). The molecule has 0 N–H and O–H groups in total. The Kier molecular flexibility index (Phi) is 5.39. The molecule has 0 bridgehead atoms. The van der Waals surface area contributed by atoms with Crippen LogP contribution in [0.3, 0.4) is 0 Å². The van der Waals surface area contributed by atoms with E-state index in [0.717, 1.165) is 63.3 Å². The van der Waals surface area contributed by atoms with Crippen LogP contribution in [-0.4, -0.2) is 57.6 Å². The van der Waals surface area contributed by atoms with Crippen LogP contribution in [0.1, 0.15) is 56.5 Å². The fraction of sp³-hybridized carbons (Fsp3) is 0.750. The van der Waals surface area contributed by atoms with Crippen molar-refractivity contribution in [1.29, 1.82) is 0 Å². The molecule has 1 spiro atoms. The van der Waals surface area contributed by atoms with Crippen LogP contribution in [0.25, 0.3) is 0 Å². The average Bonchev–Trinajstić information content (AvgIpc) is 2.90. The van der Waals surface area contributed by atoms with E-state index in [0.29, 0.717) is 13.0 Å². The van der Waals surface area contributed by atoms with Crippen molar-refractivity contribution in [2.45, 2.75) is 66.3 Å². The van der Waals surface area contributed by atoms with Gasteiger partial charge in [-0.2, -0.15) is 5.10 Å². The highest BCUT2D eigenvalue weighted by molar-refractivity contribution is 5.78. The highest BCUT2D eigenvalue weighted by Crippen LogP contribution is 2.38. The van der Waals surface area contributed by atoms with Gasteiger partial charge in [0, 0.05) is 43.7 Å². The van der Waals surface area contributed by atoms with Crippen LogP contribution in [0.15, 0.2) is 0 Å². The number of aromatic nitrogens is 2. The van der Waals surface area contributed by atoms with Crippen LogP contribution in [0, 0.1) is 19.3 Å². The third kappa shape index (κ3) is 3.51. The van der Waals surface area contributed by atoms with Gasteiger partial charge in [0.05, 0.1) is 5.69 Å². The second kappa shape index (κ2) is 7.41. The molecule has 0 aromatic carbocycles. The lowest BCUT2D eigenvalue weighted by Gasteiger charge is -2.48. The summed E-state index contributed by atoms with van der Waals surface area (Å²) in [7, 11) is 0. The first-order valence-electron chi connectivity index (χ1n) is 9.97. The first-order chi connectivity index (χ1) is 12.4. The molecule has 1 aromatic heterocycles. The Labute approximate surface area is 156 Å². The van der Waals surface area contributed by atoms with Gasteiger partial charge in [-0.3, -0.25) is 14.3 Å². The molecule has 1 atom stereocenters. The second-order valence-corrected chi connectivity index (χ2v) is 7.99. The van der Waals surface area contributed by atoms with E-state index in [2.05, 4.69) is 18.9 Å². The van der Waals surface area contributed by atoms with Crippen LogP contribution in [0.4, 0.5) is 0 Å². The molecule has 2 aliphatic rings. The number of likely N-dealkylation sites (tertiary alicyclic amines) is 2. The lowest BCUT2D eigenvalue weighted by molar-refractivity contribution is -0.143. The molecule has 1 unspecified atom stereocenters. The van der Waals surface area contributed by atoms with Crippen molar-refractivity contribution >= 4 is 11.8 Å². The van der Waals surface area contributed by atoms with E-state index in [1.165, 1.54) is 5.56 Å². The zero-order valence-corrected chi connectivity index (χ0v) is 16.7. The third-order valence-electron chi connectivity index (χ3n) is 6.31. The maximum Gasteiger partial charge on any atom is 0.244 e. The zero-order chi connectivity index (χ0) is 18.9. The number of rotatable bonds is 4. The third-order valence-corrected chi connectivity index (χ3v) is 6.31. The van der Waals surface area contributed by atoms with Gasteiger partial charge in [-0.1, -0.05) is 6.92 Å². The highest BCUT2D eigenvalue weighted by Gasteiger charge is 2.42. The Morgan fingerprint density at radius 1 is 1.19 bits per heavy atom. The van der Waals surface area contributed by atoms with Gasteiger partial charge in [0.1, 0.15) is 6.54 Å². The molecule has 0 radical (unpaired) electrons.